The predicted molar refractivity (Wildman–Crippen MR) is 94.5 cm³/mol. The second-order valence-electron chi connectivity index (χ2n) is 6.51. The first-order valence-electron chi connectivity index (χ1n) is 8.70. The van der Waals surface area contributed by atoms with Gasteiger partial charge in [-0.2, -0.15) is 0 Å². The van der Waals surface area contributed by atoms with E-state index >= 15 is 0 Å². The van der Waals surface area contributed by atoms with E-state index in [1.807, 2.05) is 6.07 Å². The van der Waals surface area contributed by atoms with E-state index in [1.54, 1.807) is 18.3 Å². The number of hydrogen-bond donors (Lipinski definition) is 1. The van der Waals surface area contributed by atoms with Crippen LogP contribution in [0.2, 0.25) is 0 Å². The number of likely N-dealkylation sites (tertiary alicyclic amines) is 1. The van der Waals surface area contributed by atoms with Gasteiger partial charge in [-0.15, -0.1) is 13.2 Å². The van der Waals surface area contributed by atoms with Gasteiger partial charge in [-0.3, -0.25) is 4.90 Å². The molecule has 4 nitrogen and oxygen atoms in total. The third-order valence-electron chi connectivity index (χ3n) is 4.75. The molecule has 0 radical (unpaired) electrons. The van der Waals surface area contributed by atoms with Crippen molar-refractivity contribution in [2.75, 3.05) is 12.3 Å². The van der Waals surface area contributed by atoms with Crippen LogP contribution in [0.5, 0.6) is 5.75 Å². The molecule has 0 aliphatic carbocycles. The summed E-state index contributed by atoms with van der Waals surface area (Å²) in [6.45, 7) is 3.98. The van der Waals surface area contributed by atoms with Crippen molar-refractivity contribution in [2.24, 2.45) is 0 Å². The molecule has 1 fully saturated rings. The van der Waals surface area contributed by atoms with E-state index < -0.39 is 6.36 Å². The van der Waals surface area contributed by atoms with E-state index in [4.69, 9.17) is 5.73 Å². The van der Waals surface area contributed by atoms with Gasteiger partial charge < -0.3 is 10.5 Å². The van der Waals surface area contributed by atoms with E-state index in [-0.39, 0.29) is 5.75 Å². The molecule has 0 amide bonds. The standard InChI is InChI=1S/C19H22F3N3O/c1-2-15-4-3-9-25(15)12-14-10-18(23)24-11-17(14)13-5-7-16(8-6-13)26-19(20,21)22/h5-8,10-11,15H,2-4,9,12H2,1H3,(H2,23,24). The van der Waals surface area contributed by atoms with Gasteiger partial charge in [0.15, 0.2) is 0 Å². The smallest absolute Gasteiger partial charge is 0.406 e. The summed E-state index contributed by atoms with van der Waals surface area (Å²) in [6, 6.07) is 8.25. The van der Waals surface area contributed by atoms with Crippen LogP contribution in [0.1, 0.15) is 31.7 Å². The number of ether oxygens (including phenoxy) is 1. The van der Waals surface area contributed by atoms with Crippen LogP contribution < -0.4 is 10.5 Å². The van der Waals surface area contributed by atoms with Crippen molar-refractivity contribution in [2.45, 2.75) is 45.1 Å². The molecule has 0 saturated carbocycles. The number of rotatable bonds is 5. The van der Waals surface area contributed by atoms with Crippen LogP contribution in [-0.2, 0) is 6.54 Å². The first kappa shape index (κ1) is 18.5. The normalized spacial score (nSPS) is 18.2. The zero-order valence-electron chi connectivity index (χ0n) is 14.6. The fourth-order valence-corrected chi connectivity index (χ4v) is 3.53. The number of nitrogens with two attached hydrogens (primary N) is 1. The summed E-state index contributed by atoms with van der Waals surface area (Å²) < 4.78 is 40.9. The lowest BCUT2D eigenvalue weighted by Gasteiger charge is -2.24. The Morgan fingerprint density at radius 3 is 2.65 bits per heavy atom. The highest BCUT2D eigenvalue weighted by Gasteiger charge is 2.31. The third-order valence-corrected chi connectivity index (χ3v) is 4.75. The summed E-state index contributed by atoms with van der Waals surface area (Å²) in [5, 5.41) is 0. The Morgan fingerprint density at radius 1 is 1.27 bits per heavy atom. The Balaban J connectivity index is 1.85. The minimum Gasteiger partial charge on any atom is -0.406 e. The molecule has 1 aromatic heterocycles. The Labute approximate surface area is 150 Å². The van der Waals surface area contributed by atoms with Gasteiger partial charge in [-0.25, -0.2) is 4.98 Å². The molecular weight excluding hydrogens is 343 g/mol. The average Bonchev–Trinajstić information content (AvgIpc) is 3.02. The number of aromatic nitrogens is 1. The maximum Gasteiger partial charge on any atom is 0.573 e. The molecule has 1 aliphatic rings. The van der Waals surface area contributed by atoms with E-state index in [0.29, 0.717) is 11.9 Å². The number of hydrogen-bond acceptors (Lipinski definition) is 4. The first-order valence-corrected chi connectivity index (χ1v) is 8.70. The fraction of sp³-hybridized carbons (Fsp3) is 0.421. The highest BCUT2D eigenvalue weighted by atomic mass is 19.4. The van der Waals surface area contributed by atoms with E-state index in [0.717, 1.165) is 36.2 Å². The maximum absolute atomic E-state index is 12.3. The van der Waals surface area contributed by atoms with Gasteiger partial charge in [0.1, 0.15) is 11.6 Å². The number of pyridine rings is 1. The van der Waals surface area contributed by atoms with Crippen LogP contribution in [0.25, 0.3) is 11.1 Å². The number of alkyl halides is 3. The SMILES string of the molecule is CCC1CCCN1Cc1cc(N)ncc1-c1ccc(OC(F)(F)F)cc1. The van der Waals surface area contributed by atoms with Gasteiger partial charge in [0.05, 0.1) is 0 Å². The highest BCUT2D eigenvalue weighted by Crippen LogP contribution is 2.31. The fourth-order valence-electron chi connectivity index (χ4n) is 3.53. The van der Waals surface area contributed by atoms with Crippen LogP contribution in [0.3, 0.4) is 0 Å². The molecule has 2 heterocycles. The van der Waals surface area contributed by atoms with Crippen molar-refractivity contribution in [1.29, 1.82) is 0 Å². The number of benzene rings is 1. The first-order chi connectivity index (χ1) is 12.4. The van der Waals surface area contributed by atoms with Gasteiger partial charge in [0.2, 0.25) is 0 Å². The lowest BCUT2D eigenvalue weighted by Crippen LogP contribution is -2.28. The van der Waals surface area contributed by atoms with Crippen molar-refractivity contribution in [1.82, 2.24) is 9.88 Å². The monoisotopic (exact) mass is 365 g/mol. The maximum atomic E-state index is 12.3. The van der Waals surface area contributed by atoms with Gasteiger partial charge >= 0.3 is 6.36 Å². The largest absolute Gasteiger partial charge is 0.573 e. The molecular formula is C19H22F3N3O. The van der Waals surface area contributed by atoms with Gasteiger partial charge in [0.25, 0.3) is 0 Å². The molecule has 1 aliphatic heterocycles. The molecule has 3 rings (SSSR count). The number of halogens is 3. The Kier molecular flexibility index (Phi) is 5.36. The molecule has 0 bridgehead atoms. The molecule has 1 unspecified atom stereocenters. The molecule has 26 heavy (non-hydrogen) atoms. The second-order valence-corrected chi connectivity index (χ2v) is 6.51. The minimum atomic E-state index is -4.69. The second kappa shape index (κ2) is 7.53. The minimum absolute atomic E-state index is 0.239. The van der Waals surface area contributed by atoms with Crippen LogP contribution in [0.4, 0.5) is 19.0 Å². The van der Waals surface area contributed by atoms with Crippen LogP contribution in [-0.4, -0.2) is 28.8 Å². The van der Waals surface area contributed by atoms with Crippen molar-refractivity contribution >= 4 is 5.82 Å². The van der Waals surface area contributed by atoms with Gasteiger partial charge in [-0.05, 0) is 55.1 Å². The summed E-state index contributed by atoms with van der Waals surface area (Å²) in [5.41, 5.74) is 8.56. The summed E-state index contributed by atoms with van der Waals surface area (Å²) in [6.07, 6.45) is 0.453. The summed E-state index contributed by atoms with van der Waals surface area (Å²) >= 11 is 0. The summed E-state index contributed by atoms with van der Waals surface area (Å²) in [7, 11) is 0. The molecule has 2 N–H and O–H groups in total. The Hall–Kier alpha value is -2.28. The topological polar surface area (TPSA) is 51.4 Å². The van der Waals surface area contributed by atoms with Crippen molar-refractivity contribution < 1.29 is 17.9 Å². The Bertz CT molecular complexity index is 747. The lowest BCUT2D eigenvalue weighted by atomic mass is 10.0. The molecule has 140 valence electrons. The van der Waals surface area contributed by atoms with Gasteiger partial charge in [0, 0.05) is 24.3 Å². The molecule has 1 saturated heterocycles. The van der Waals surface area contributed by atoms with E-state index in [2.05, 4.69) is 21.5 Å². The molecule has 1 aromatic carbocycles. The number of nitrogens with zero attached hydrogens (tertiary/aromatic N) is 2. The summed E-state index contributed by atoms with van der Waals surface area (Å²) in [5.74, 6) is 0.199. The van der Waals surface area contributed by atoms with Gasteiger partial charge in [-0.1, -0.05) is 19.1 Å². The number of nitrogen functional groups attached to an aromatic ring is 1. The Morgan fingerprint density at radius 2 is 2.00 bits per heavy atom. The van der Waals surface area contributed by atoms with E-state index in [1.165, 1.54) is 25.0 Å². The molecule has 0 spiro atoms. The van der Waals surface area contributed by atoms with Crippen molar-refractivity contribution in [3.63, 3.8) is 0 Å². The third kappa shape index (κ3) is 4.46. The molecule has 2 aromatic rings. The van der Waals surface area contributed by atoms with Crippen molar-refractivity contribution in [3.8, 4) is 16.9 Å². The lowest BCUT2D eigenvalue weighted by molar-refractivity contribution is -0.274. The summed E-state index contributed by atoms with van der Waals surface area (Å²) in [4.78, 5) is 6.59. The molecule has 7 heteroatoms. The number of anilines is 1. The van der Waals surface area contributed by atoms with Crippen LogP contribution in [0, 0.1) is 0 Å². The zero-order chi connectivity index (χ0) is 18.7. The van der Waals surface area contributed by atoms with Crippen LogP contribution in [0.15, 0.2) is 36.5 Å². The predicted octanol–water partition coefficient (Wildman–Crippen LogP) is 4.60. The highest BCUT2D eigenvalue weighted by molar-refractivity contribution is 5.68. The average molecular weight is 365 g/mol. The quantitative estimate of drug-likeness (QED) is 0.841. The molecule has 1 atom stereocenters. The van der Waals surface area contributed by atoms with Crippen LogP contribution >= 0.6 is 0 Å². The zero-order valence-corrected chi connectivity index (χ0v) is 14.6. The van der Waals surface area contributed by atoms with E-state index in [9.17, 15) is 13.2 Å². The van der Waals surface area contributed by atoms with Crippen molar-refractivity contribution in [3.05, 3.63) is 42.1 Å².